The molecule has 0 atom stereocenters. The lowest BCUT2D eigenvalue weighted by atomic mass is 10.2. The lowest BCUT2D eigenvalue weighted by Gasteiger charge is -2.06. The minimum absolute atomic E-state index is 0.503. The van der Waals surface area contributed by atoms with E-state index >= 15 is 0 Å². The van der Waals surface area contributed by atoms with Crippen molar-refractivity contribution in [3.63, 3.8) is 0 Å². The summed E-state index contributed by atoms with van der Waals surface area (Å²) >= 11 is 17.0. The van der Waals surface area contributed by atoms with Crippen LogP contribution in [0.3, 0.4) is 0 Å². The first kappa shape index (κ1) is 12.6. The van der Waals surface area contributed by atoms with Crippen LogP contribution in [0, 0.1) is 18.5 Å². The van der Waals surface area contributed by atoms with Crippen LogP contribution in [-0.4, -0.2) is 9.97 Å². The third-order valence-electron chi connectivity index (χ3n) is 2.60. The molecule has 0 bridgehead atoms. The standard InChI is InChI=1S/C12H10Cl2N2S/c1-6-7(2)15-11(16-12(6)17)8-3-4-9(13)10(14)5-8/h3-5H,1-2H3,(H,15,16,17). The molecule has 0 fully saturated rings. The maximum Gasteiger partial charge on any atom is 0.139 e. The number of nitrogens with one attached hydrogen (secondary N) is 1. The Labute approximate surface area is 115 Å². The summed E-state index contributed by atoms with van der Waals surface area (Å²) in [5.74, 6) is 0.705. The molecule has 5 heteroatoms. The first-order valence-electron chi connectivity index (χ1n) is 5.02. The van der Waals surface area contributed by atoms with Gasteiger partial charge in [-0.25, -0.2) is 4.98 Å². The van der Waals surface area contributed by atoms with E-state index in [0.29, 0.717) is 20.5 Å². The molecule has 1 N–H and O–H groups in total. The van der Waals surface area contributed by atoms with E-state index in [2.05, 4.69) is 9.97 Å². The van der Waals surface area contributed by atoms with Gasteiger partial charge >= 0.3 is 0 Å². The topological polar surface area (TPSA) is 28.7 Å². The summed E-state index contributed by atoms with van der Waals surface area (Å²) in [6.07, 6.45) is 0. The van der Waals surface area contributed by atoms with E-state index in [1.165, 1.54) is 0 Å². The zero-order valence-corrected chi connectivity index (χ0v) is 11.7. The van der Waals surface area contributed by atoms with Crippen molar-refractivity contribution in [3.8, 4) is 11.4 Å². The second-order valence-electron chi connectivity index (χ2n) is 3.77. The van der Waals surface area contributed by atoms with Gasteiger partial charge in [0.05, 0.1) is 10.0 Å². The molecule has 0 saturated carbocycles. The molecule has 0 aliphatic heterocycles. The van der Waals surface area contributed by atoms with Crippen LogP contribution in [0.1, 0.15) is 11.3 Å². The van der Waals surface area contributed by atoms with Crippen molar-refractivity contribution in [2.24, 2.45) is 0 Å². The lowest BCUT2D eigenvalue weighted by Crippen LogP contribution is -1.96. The first-order chi connectivity index (χ1) is 7.99. The summed E-state index contributed by atoms with van der Waals surface area (Å²) in [5, 5.41) is 1.03. The molecule has 88 valence electrons. The van der Waals surface area contributed by atoms with Gasteiger partial charge in [-0.15, -0.1) is 0 Å². The number of aromatic amines is 1. The SMILES string of the molecule is Cc1[nH]c(-c2ccc(Cl)c(Cl)c2)nc(=S)c1C. The van der Waals surface area contributed by atoms with E-state index in [0.717, 1.165) is 16.8 Å². The van der Waals surface area contributed by atoms with Gasteiger partial charge in [0.25, 0.3) is 0 Å². The van der Waals surface area contributed by atoms with Gasteiger partial charge in [0, 0.05) is 16.8 Å². The summed E-state index contributed by atoms with van der Waals surface area (Å²) in [5.41, 5.74) is 2.86. The highest BCUT2D eigenvalue weighted by atomic mass is 35.5. The summed E-state index contributed by atoms with van der Waals surface area (Å²) in [6.45, 7) is 3.91. The van der Waals surface area contributed by atoms with Crippen LogP contribution in [0.25, 0.3) is 11.4 Å². The maximum atomic E-state index is 5.97. The monoisotopic (exact) mass is 284 g/mol. The maximum absolute atomic E-state index is 5.97. The minimum atomic E-state index is 0.503. The minimum Gasteiger partial charge on any atom is -0.343 e. The van der Waals surface area contributed by atoms with Crippen LogP contribution in [0.5, 0.6) is 0 Å². The van der Waals surface area contributed by atoms with Gasteiger partial charge in [0.1, 0.15) is 10.5 Å². The molecule has 0 unspecified atom stereocenters. The summed E-state index contributed by atoms with van der Waals surface area (Å²) in [6, 6.07) is 5.37. The zero-order chi connectivity index (χ0) is 12.6. The normalized spacial score (nSPS) is 10.6. The third kappa shape index (κ3) is 2.51. The van der Waals surface area contributed by atoms with Crippen molar-refractivity contribution < 1.29 is 0 Å². The summed E-state index contributed by atoms with van der Waals surface area (Å²) in [4.78, 5) is 7.53. The van der Waals surface area contributed by atoms with Gasteiger partial charge in [-0.3, -0.25) is 0 Å². The fourth-order valence-electron chi connectivity index (χ4n) is 1.43. The predicted molar refractivity (Wildman–Crippen MR) is 74.4 cm³/mol. The number of hydrogen-bond donors (Lipinski definition) is 1. The number of rotatable bonds is 1. The molecular formula is C12H10Cl2N2S. The number of nitrogens with zero attached hydrogens (tertiary/aromatic N) is 1. The van der Waals surface area contributed by atoms with E-state index in [1.807, 2.05) is 19.9 Å². The number of aromatic nitrogens is 2. The lowest BCUT2D eigenvalue weighted by molar-refractivity contribution is 1.06. The molecular weight excluding hydrogens is 275 g/mol. The Hall–Kier alpha value is -0.900. The van der Waals surface area contributed by atoms with Gasteiger partial charge in [-0.2, -0.15) is 0 Å². The molecule has 1 aromatic heterocycles. The van der Waals surface area contributed by atoms with Crippen LogP contribution in [0.4, 0.5) is 0 Å². The molecule has 0 aliphatic rings. The molecule has 1 heterocycles. The van der Waals surface area contributed by atoms with Gasteiger partial charge in [0.2, 0.25) is 0 Å². The fourth-order valence-corrected chi connectivity index (χ4v) is 1.97. The molecule has 0 aliphatic carbocycles. The van der Waals surface area contributed by atoms with Gasteiger partial charge in [-0.1, -0.05) is 35.4 Å². The van der Waals surface area contributed by atoms with Crippen molar-refractivity contribution in [1.29, 1.82) is 0 Å². The van der Waals surface area contributed by atoms with Crippen LogP contribution in [0.15, 0.2) is 18.2 Å². The Bertz CT molecular complexity index is 635. The second kappa shape index (κ2) is 4.77. The zero-order valence-electron chi connectivity index (χ0n) is 9.34. The summed E-state index contributed by atoms with van der Waals surface area (Å²) in [7, 11) is 0. The van der Waals surface area contributed by atoms with Crippen LogP contribution in [-0.2, 0) is 0 Å². The molecule has 2 nitrogen and oxygen atoms in total. The average Bonchev–Trinajstić information content (AvgIpc) is 2.29. The molecule has 1 aromatic carbocycles. The molecule has 2 rings (SSSR count). The number of hydrogen-bond acceptors (Lipinski definition) is 2. The highest BCUT2D eigenvalue weighted by molar-refractivity contribution is 7.71. The van der Waals surface area contributed by atoms with Crippen molar-refractivity contribution in [2.45, 2.75) is 13.8 Å². The first-order valence-corrected chi connectivity index (χ1v) is 6.18. The highest BCUT2D eigenvalue weighted by Crippen LogP contribution is 2.27. The Morgan fingerprint density at radius 3 is 2.47 bits per heavy atom. The van der Waals surface area contributed by atoms with Gasteiger partial charge < -0.3 is 4.98 Å². The van der Waals surface area contributed by atoms with Crippen LogP contribution >= 0.6 is 35.4 Å². The van der Waals surface area contributed by atoms with Crippen molar-refractivity contribution >= 4 is 35.4 Å². The van der Waals surface area contributed by atoms with E-state index in [-0.39, 0.29) is 0 Å². The fraction of sp³-hybridized carbons (Fsp3) is 0.167. The predicted octanol–water partition coefficient (Wildman–Crippen LogP) is 4.73. The molecule has 0 radical (unpaired) electrons. The largest absolute Gasteiger partial charge is 0.343 e. The summed E-state index contributed by atoms with van der Waals surface area (Å²) < 4.78 is 0.599. The van der Waals surface area contributed by atoms with E-state index < -0.39 is 0 Å². The number of benzene rings is 1. The van der Waals surface area contributed by atoms with E-state index in [9.17, 15) is 0 Å². The van der Waals surface area contributed by atoms with Crippen LogP contribution in [0.2, 0.25) is 10.0 Å². The number of H-pyrrole nitrogens is 1. The van der Waals surface area contributed by atoms with Crippen molar-refractivity contribution in [3.05, 3.63) is 44.1 Å². The average molecular weight is 285 g/mol. The number of aryl methyl sites for hydroxylation is 1. The highest BCUT2D eigenvalue weighted by Gasteiger charge is 2.06. The molecule has 17 heavy (non-hydrogen) atoms. The molecule has 2 aromatic rings. The van der Waals surface area contributed by atoms with Gasteiger partial charge in [0.15, 0.2) is 0 Å². The Morgan fingerprint density at radius 1 is 1.18 bits per heavy atom. The van der Waals surface area contributed by atoms with E-state index in [4.69, 9.17) is 35.4 Å². The smallest absolute Gasteiger partial charge is 0.139 e. The number of halogens is 2. The Morgan fingerprint density at radius 2 is 1.88 bits per heavy atom. The molecule has 0 saturated heterocycles. The third-order valence-corrected chi connectivity index (χ3v) is 3.73. The quantitative estimate of drug-likeness (QED) is 0.767. The van der Waals surface area contributed by atoms with Crippen molar-refractivity contribution in [2.75, 3.05) is 0 Å². The van der Waals surface area contributed by atoms with Crippen LogP contribution < -0.4 is 0 Å². The van der Waals surface area contributed by atoms with E-state index in [1.54, 1.807) is 12.1 Å². The Kier molecular flexibility index (Phi) is 3.52. The van der Waals surface area contributed by atoms with Crippen molar-refractivity contribution in [1.82, 2.24) is 9.97 Å². The molecule has 0 spiro atoms. The second-order valence-corrected chi connectivity index (χ2v) is 4.97. The molecule has 0 amide bonds. The van der Waals surface area contributed by atoms with Gasteiger partial charge in [-0.05, 0) is 32.0 Å². The Balaban J connectivity index is 2.61.